The highest BCUT2D eigenvalue weighted by Crippen LogP contribution is 2.35. The number of esters is 2. The summed E-state index contributed by atoms with van der Waals surface area (Å²) < 4.78 is 26.2. The maximum atomic E-state index is 12.4. The van der Waals surface area contributed by atoms with Gasteiger partial charge in [-0.1, -0.05) is 131 Å². The van der Waals surface area contributed by atoms with E-state index in [0.29, 0.717) is 12.8 Å². The maximum Gasteiger partial charge on any atom is 0.469 e. The molecular formula is C41H67O8P. The third kappa shape index (κ3) is 38.0. The van der Waals surface area contributed by atoms with Gasteiger partial charge >= 0.3 is 19.8 Å². The first-order valence-electron chi connectivity index (χ1n) is 18.9. The minimum Gasteiger partial charge on any atom is -0.462 e. The minimum absolute atomic E-state index is 0.176. The van der Waals surface area contributed by atoms with Crippen molar-refractivity contribution in [1.82, 2.24) is 0 Å². The Bertz CT molecular complexity index is 1080. The first-order valence-corrected chi connectivity index (χ1v) is 20.4. The highest BCUT2D eigenvalue weighted by molar-refractivity contribution is 7.46. The second-order valence-corrected chi connectivity index (χ2v) is 13.4. The number of carbonyl (C=O) groups excluding carboxylic acids is 2. The zero-order valence-corrected chi connectivity index (χ0v) is 31.9. The van der Waals surface area contributed by atoms with Gasteiger partial charge in [-0.15, -0.1) is 0 Å². The van der Waals surface area contributed by atoms with Crippen LogP contribution in [0.15, 0.2) is 85.1 Å². The third-order valence-electron chi connectivity index (χ3n) is 7.40. The molecule has 0 aliphatic carbocycles. The molecule has 0 aromatic heterocycles. The summed E-state index contributed by atoms with van der Waals surface area (Å²) in [6.45, 7) is 3.46. The SMILES string of the molecule is CC/C=C/C/C=C/C/C=C/CCCCCCCC(=O)O[C@H](COC(=O)CCC/C=C/C/C=C/C/C=C/C/C=C/CCCCC)COP(=O)(O)O. The largest absolute Gasteiger partial charge is 0.469 e. The number of phosphoric ester groups is 1. The van der Waals surface area contributed by atoms with E-state index in [1.165, 1.54) is 25.7 Å². The lowest BCUT2D eigenvalue weighted by atomic mass is 10.1. The number of unbranched alkanes of at least 4 members (excludes halogenated alkanes) is 9. The van der Waals surface area contributed by atoms with Crippen LogP contribution in [0.1, 0.15) is 142 Å². The summed E-state index contributed by atoms with van der Waals surface area (Å²) in [7, 11) is -4.77. The van der Waals surface area contributed by atoms with Crippen LogP contribution in [0.25, 0.3) is 0 Å². The summed E-state index contributed by atoms with van der Waals surface area (Å²) in [5.41, 5.74) is 0. The van der Waals surface area contributed by atoms with Crippen molar-refractivity contribution in [3.8, 4) is 0 Å². The van der Waals surface area contributed by atoms with E-state index in [0.717, 1.165) is 77.0 Å². The van der Waals surface area contributed by atoms with E-state index < -0.39 is 32.5 Å². The van der Waals surface area contributed by atoms with Crippen molar-refractivity contribution >= 4 is 19.8 Å². The summed E-state index contributed by atoms with van der Waals surface area (Å²) in [6.07, 6.45) is 47.3. The molecule has 1 atom stereocenters. The Morgan fingerprint density at radius 3 is 1.50 bits per heavy atom. The zero-order valence-electron chi connectivity index (χ0n) is 31.0. The summed E-state index contributed by atoms with van der Waals surface area (Å²) >= 11 is 0. The van der Waals surface area contributed by atoms with E-state index in [1.807, 2.05) is 6.08 Å². The lowest BCUT2D eigenvalue weighted by Crippen LogP contribution is -2.29. The molecule has 0 bridgehead atoms. The van der Waals surface area contributed by atoms with Crippen LogP contribution < -0.4 is 0 Å². The number of phosphoric acid groups is 1. The molecule has 9 heteroatoms. The van der Waals surface area contributed by atoms with Crippen molar-refractivity contribution in [3.63, 3.8) is 0 Å². The van der Waals surface area contributed by atoms with Crippen molar-refractivity contribution in [2.45, 2.75) is 148 Å². The van der Waals surface area contributed by atoms with E-state index in [9.17, 15) is 14.2 Å². The zero-order chi connectivity index (χ0) is 36.8. The molecule has 50 heavy (non-hydrogen) atoms. The summed E-state index contributed by atoms with van der Waals surface area (Å²) in [4.78, 5) is 42.7. The molecule has 8 nitrogen and oxygen atoms in total. The highest BCUT2D eigenvalue weighted by atomic mass is 31.2. The van der Waals surface area contributed by atoms with Gasteiger partial charge in [0.1, 0.15) is 6.61 Å². The highest BCUT2D eigenvalue weighted by Gasteiger charge is 2.22. The maximum absolute atomic E-state index is 12.4. The standard InChI is InChI=1S/C41H67O8P/c1-3-5-7-9-11-13-15-17-19-20-22-23-25-27-29-31-33-35-40(42)47-37-39(38-48-50(44,45)46)49-41(43)36-34-32-30-28-26-24-21-18-16-14-12-10-8-6-4-2/h6,8,11-14,17-19,21-23,27,29,39H,3-5,7,9-10,15-16,20,24-26,28,30-38H2,1-2H3,(H2,44,45,46)/b8-6+,13-11+,14-12+,19-17+,21-18+,23-22+,29-27+/t39-/m1/s1. The molecule has 0 rings (SSSR count). The van der Waals surface area contributed by atoms with Crippen LogP contribution in [0.3, 0.4) is 0 Å². The Kier molecular flexibility index (Phi) is 34.0. The molecule has 0 aromatic carbocycles. The van der Waals surface area contributed by atoms with Gasteiger partial charge in [-0.3, -0.25) is 14.1 Å². The predicted molar refractivity (Wildman–Crippen MR) is 207 cm³/mol. The molecule has 0 saturated carbocycles. The number of rotatable bonds is 33. The monoisotopic (exact) mass is 718 g/mol. The van der Waals surface area contributed by atoms with Gasteiger partial charge in [-0.25, -0.2) is 4.57 Å². The van der Waals surface area contributed by atoms with Crippen LogP contribution in [0.5, 0.6) is 0 Å². The van der Waals surface area contributed by atoms with Crippen LogP contribution in [0.4, 0.5) is 0 Å². The van der Waals surface area contributed by atoms with Crippen molar-refractivity contribution in [3.05, 3.63) is 85.1 Å². The van der Waals surface area contributed by atoms with Crippen molar-refractivity contribution in [1.29, 1.82) is 0 Å². The Hall–Kier alpha value is -2.77. The smallest absolute Gasteiger partial charge is 0.462 e. The lowest BCUT2D eigenvalue weighted by Gasteiger charge is -2.18. The average Bonchev–Trinajstić information content (AvgIpc) is 3.08. The topological polar surface area (TPSA) is 119 Å². The fraction of sp³-hybridized carbons (Fsp3) is 0.610. The predicted octanol–water partition coefficient (Wildman–Crippen LogP) is 11.3. The van der Waals surface area contributed by atoms with Gasteiger partial charge in [0.05, 0.1) is 6.61 Å². The van der Waals surface area contributed by atoms with E-state index in [-0.39, 0.29) is 19.4 Å². The molecular weight excluding hydrogens is 651 g/mol. The lowest BCUT2D eigenvalue weighted by molar-refractivity contribution is -0.161. The Morgan fingerprint density at radius 2 is 0.980 bits per heavy atom. The van der Waals surface area contributed by atoms with Gasteiger partial charge in [-0.05, 0) is 83.5 Å². The fourth-order valence-electron chi connectivity index (χ4n) is 4.61. The number of hydrogen-bond donors (Lipinski definition) is 2. The van der Waals surface area contributed by atoms with Gasteiger partial charge in [0, 0.05) is 12.8 Å². The van der Waals surface area contributed by atoms with E-state index in [1.54, 1.807) is 0 Å². The van der Waals surface area contributed by atoms with Gasteiger partial charge < -0.3 is 19.3 Å². The van der Waals surface area contributed by atoms with Crippen molar-refractivity contribution in [2.75, 3.05) is 13.2 Å². The minimum atomic E-state index is -4.77. The van der Waals surface area contributed by atoms with Gasteiger partial charge in [0.2, 0.25) is 0 Å². The van der Waals surface area contributed by atoms with Crippen LogP contribution in [0, 0.1) is 0 Å². The third-order valence-corrected chi connectivity index (χ3v) is 7.88. The Balaban J connectivity index is 4.12. The Labute approximate surface area is 303 Å². The van der Waals surface area contributed by atoms with Crippen molar-refractivity contribution < 1.29 is 37.9 Å². The molecule has 0 aromatic rings. The molecule has 284 valence electrons. The number of hydrogen-bond acceptors (Lipinski definition) is 6. The summed E-state index contributed by atoms with van der Waals surface area (Å²) in [6, 6.07) is 0. The van der Waals surface area contributed by atoms with Gasteiger partial charge in [-0.2, -0.15) is 0 Å². The molecule has 0 aliphatic heterocycles. The molecule has 0 fully saturated rings. The fourth-order valence-corrected chi connectivity index (χ4v) is 4.97. The molecule has 0 radical (unpaired) electrons. The molecule has 0 saturated heterocycles. The first kappa shape index (κ1) is 47.2. The molecule has 0 amide bonds. The van der Waals surface area contributed by atoms with E-state index in [2.05, 4.69) is 97.4 Å². The van der Waals surface area contributed by atoms with Gasteiger partial charge in [0.25, 0.3) is 0 Å². The molecule has 0 aliphatic rings. The molecule has 0 heterocycles. The second-order valence-electron chi connectivity index (χ2n) is 12.2. The molecule has 2 N–H and O–H groups in total. The van der Waals surface area contributed by atoms with Crippen molar-refractivity contribution in [2.24, 2.45) is 0 Å². The number of allylic oxidation sites excluding steroid dienone is 14. The number of carbonyl (C=O) groups is 2. The second kappa shape index (κ2) is 36.0. The van der Waals surface area contributed by atoms with Crippen LogP contribution >= 0.6 is 7.82 Å². The molecule has 0 unspecified atom stereocenters. The average molecular weight is 719 g/mol. The quantitative estimate of drug-likeness (QED) is 0.0298. The summed E-state index contributed by atoms with van der Waals surface area (Å²) in [5, 5.41) is 0. The van der Waals surface area contributed by atoms with E-state index in [4.69, 9.17) is 19.3 Å². The summed E-state index contributed by atoms with van der Waals surface area (Å²) in [5.74, 6) is -0.980. The normalized spacial score (nSPS) is 13.4. The number of ether oxygens (including phenoxy) is 2. The van der Waals surface area contributed by atoms with Crippen LogP contribution in [-0.4, -0.2) is 41.0 Å². The van der Waals surface area contributed by atoms with Gasteiger partial charge in [0.15, 0.2) is 6.10 Å². The van der Waals surface area contributed by atoms with Crippen LogP contribution in [0.2, 0.25) is 0 Å². The van der Waals surface area contributed by atoms with E-state index >= 15 is 0 Å². The first-order chi connectivity index (χ1) is 24.3. The molecule has 0 spiro atoms. The van der Waals surface area contributed by atoms with Crippen LogP contribution in [-0.2, 0) is 28.2 Å². The Morgan fingerprint density at radius 1 is 0.540 bits per heavy atom.